The summed E-state index contributed by atoms with van der Waals surface area (Å²) < 4.78 is 9.67. The van der Waals surface area contributed by atoms with Gasteiger partial charge in [0, 0.05) is 13.1 Å². The summed E-state index contributed by atoms with van der Waals surface area (Å²) in [5.74, 6) is -0.898. The molecule has 0 radical (unpaired) electrons. The molecule has 0 bridgehead atoms. The Morgan fingerprint density at radius 2 is 1.87 bits per heavy atom. The number of benzene rings is 1. The van der Waals surface area contributed by atoms with E-state index in [9.17, 15) is 9.59 Å². The van der Waals surface area contributed by atoms with Gasteiger partial charge in [-0.2, -0.15) is 5.26 Å². The molecular formula is C17H20N2O4. The van der Waals surface area contributed by atoms with E-state index in [-0.39, 0.29) is 17.9 Å². The molecule has 1 aliphatic heterocycles. The smallest absolute Gasteiger partial charge is 0.323 e. The number of rotatable bonds is 4. The summed E-state index contributed by atoms with van der Waals surface area (Å²) >= 11 is 0. The van der Waals surface area contributed by atoms with Gasteiger partial charge in [0.1, 0.15) is 6.04 Å². The fourth-order valence-corrected chi connectivity index (χ4v) is 2.88. The number of nitriles is 1. The molecule has 0 aliphatic carbocycles. The molecule has 0 spiro atoms. The molecule has 0 unspecified atom stereocenters. The Bertz CT molecular complexity index is 606. The molecule has 2 atom stereocenters. The third-order valence-electron chi connectivity index (χ3n) is 4.19. The average molecular weight is 316 g/mol. The molecule has 0 aromatic heterocycles. The molecular weight excluding hydrogens is 296 g/mol. The Hall–Kier alpha value is -2.39. The van der Waals surface area contributed by atoms with Gasteiger partial charge in [0.2, 0.25) is 0 Å². The first-order valence-corrected chi connectivity index (χ1v) is 7.47. The van der Waals surface area contributed by atoms with Gasteiger partial charge in [-0.05, 0) is 30.5 Å². The normalized spacial score (nSPS) is 21.3. The standard InChI is InChI=1S/C17H20N2O4/c1-22-16(20)14-7-8-19(15(9-14)17(21)23-2)11-13-5-3-12(10-18)4-6-13/h3-6,14-15H,7-9,11H2,1-2H3/t14-,15+/m0/s1. The molecule has 6 heteroatoms. The Morgan fingerprint density at radius 3 is 2.43 bits per heavy atom. The quantitative estimate of drug-likeness (QED) is 0.783. The fourth-order valence-electron chi connectivity index (χ4n) is 2.88. The molecule has 1 fully saturated rings. The molecule has 0 N–H and O–H groups in total. The van der Waals surface area contributed by atoms with Crippen molar-refractivity contribution >= 4 is 11.9 Å². The molecule has 1 aromatic rings. The third kappa shape index (κ3) is 4.08. The zero-order valence-corrected chi connectivity index (χ0v) is 13.3. The van der Waals surface area contributed by atoms with Crippen LogP contribution in [0.3, 0.4) is 0 Å². The highest BCUT2D eigenvalue weighted by atomic mass is 16.5. The van der Waals surface area contributed by atoms with Crippen LogP contribution in [0.15, 0.2) is 24.3 Å². The summed E-state index contributed by atoms with van der Waals surface area (Å²) in [6.07, 6.45) is 1.05. The van der Waals surface area contributed by atoms with E-state index < -0.39 is 6.04 Å². The number of nitrogens with zero attached hydrogens (tertiary/aromatic N) is 2. The summed E-state index contributed by atoms with van der Waals surface area (Å²) in [5, 5.41) is 8.84. The number of hydrogen-bond acceptors (Lipinski definition) is 6. The maximum Gasteiger partial charge on any atom is 0.323 e. The molecule has 1 saturated heterocycles. The topological polar surface area (TPSA) is 79.6 Å². The zero-order chi connectivity index (χ0) is 16.8. The van der Waals surface area contributed by atoms with E-state index in [1.54, 1.807) is 12.1 Å². The van der Waals surface area contributed by atoms with Crippen molar-refractivity contribution < 1.29 is 19.1 Å². The second-order valence-corrected chi connectivity index (χ2v) is 5.56. The molecule has 2 rings (SSSR count). The number of carbonyl (C=O) groups excluding carboxylic acids is 2. The van der Waals surface area contributed by atoms with E-state index in [2.05, 4.69) is 6.07 Å². The summed E-state index contributed by atoms with van der Waals surface area (Å²) in [7, 11) is 2.71. The van der Waals surface area contributed by atoms with Gasteiger partial charge in [-0.15, -0.1) is 0 Å². The first kappa shape index (κ1) is 17.0. The highest BCUT2D eigenvalue weighted by Crippen LogP contribution is 2.26. The van der Waals surface area contributed by atoms with E-state index >= 15 is 0 Å². The van der Waals surface area contributed by atoms with Gasteiger partial charge in [-0.1, -0.05) is 12.1 Å². The zero-order valence-electron chi connectivity index (χ0n) is 13.3. The Balaban J connectivity index is 2.11. The lowest BCUT2D eigenvalue weighted by Gasteiger charge is -2.36. The minimum Gasteiger partial charge on any atom is -0.469 e. The summed E-state index contributed by atoms with van der Waals surface area (Å²) in [5.41, 5.74) is 1.61. The van der Waals surface area contributed by atoms with Crippen LogP contribution in [-0.4, -0.2) is 43.6 Å². The van der Waals surface area contributed by atoms with Gasteiger partial charge in [-0.3, -0.25) is 14.5 Å². The lowest BCUT2D eigenvalue weighted by atomic mass is 9.90. The van der Waals surface area contributed by atoms with Crippen molar-refractivity contribution in [3.63, 3.8) is 0 Å². The van der Waals surface area contributed by atoms with Crippen molar-refractivity contribution in [1.29, 1.82) is 5.26 Å². The number of likely N-dealkylation sites (tertiary alicyclic amines) is 1. The van der Waals surface area contributed by atoms with Gasteiger partial charge >= 0.3 is 11.9 Å². The number of esters is 2. The van der Waals surface area contributed by atoms with Crippen molar-refractivity contribution in [2.75, 3.05) is 20.8 Å². The third-order valence-corrected chi connectivity index (χ3v) is 4.19. The molecule has 23 heavy (non-hydrogen) atoms. The summed E-state index contributed by atoms with van der Waals surface area (Å²) in [4.78, 5) is 25.8. The fraction of sp³-hybridized carbons (Fsp3) is 0.471. The predicted molar refractivity (Wildman–Crippen MR) is 82.1 cm³/mol. The van der Waals surface area contributed by atoms with Crippen LogP contribution in [0.5, 0.6) is 0 Å². The molecule has 0 saturated carbocycles. The molecule has 1 heterocycles. The van der Waals surface area contributed by atoms with Crippen molar-refractivity contribution in [2.45, 2.75) is 25.4 Å². The molecule has 0 amide bonds. The molecule has 122 valence electrons. The highest BCUT2D eigenvalue weighted by molar-refractivity contribution is 5.78. The van der Waals surface area contributed by atoms with Crippen molar-refractivity contribution in [3.8, 4) is 6.07 Å². The van der Waals surface area contributed by atoms with Crippen LogP contribution >= 0.6 is 0 Å². The van der Waals surface area contributed by atoms with E-state index in [0.29, 0.717) is 31.5 Å². The summed E-state index contributed by atoms with van der Waals surface area (Å²) in [6, 6.07) is 8.87. The van der Waals surface area contributed by atoms with Crippen molar-refractivity contribution in [2.24, 2.45) is 5.92 Å². The molecule has 1 aliphatic rings. The van der Waals surface area contributed by atoms with Gasteiger partial charge in [0.25, 0.3) is 0 Å². The predicted octanol–water partition coefficient (Wildman–Crippen LogP) is 1.48. The van der Waals surface area contributed by atoms with Crippen LogP contribution in [0.2, 0.25) is 0 Å². The number of methoxy groups -OCH3 is 2. The number of piperidine rings is 1. The van der Waals surface area contributed by atoms with E-state index in [4.69, 9.17) is 14.7 Å². The van der Waals surface area contributed by atoms with E-state index in [1.807, 2.05) is 17.0 Å². The maximum absolute atomic E-state index is 12.1. The van der Waals surface area contributed by atoms with Gasteiger partial charge in [0.15, 0.2) is 0 Å². The number of ether oxygens (including phenoxy) is 2. The first-order valence-electron chi connectivity index (χ1n) is 7.47. The Kier molecular flexibility index (Phi) is 5.72. The molecule has 6 nitrogen and oxygen atoms in total. The SMILES string of the molecule is COC(=O)[C@H]1CCN(Cc2ccc(C#N)cc2)[C@@H](C(=O)OC)C1. The van der Waals surface area contributed by atoms with Gasteiger partial charge < -0.3 is 9.47 Å². The van der Waals surface area contributed by atoms with Crippen LogP contribution in [0.1, 0.15) is 24.0 Å². The largest absolute Gasteiger partial charge is 0.469 e. The average Bonchev–Trinajstić information content (AvgIpc) is 2.61. The van der Waals surface area contributed by atoms with Crippen LogP contribution in [0.25, 0.3) is 0 Å². The Labute approximate surface area is 135 Å². The molecule has 1 aromatic carbocycles. The monoisotopic (exact) mass is 316 g/mol. The highest BCUT2D eigenvalue weighted by Gasteiger charge is 2.37. The van der Waals surface area contributed by atoms with E-state index in [0.717, 1.165) is 5.56 Å². The second kappa shape index (κ2) is 7.75. The van der Waals surface area contributed by atoms with Crippen LogP contribution < -0.4 is 0 Å². The van der Waals surface area contributed by atoms with Gasteiger partial charge in [0.05, 0.1) is 31.8 Å². The van der Waals surface area contributed by atoms with Crippen LogP contribution in [0, 0.1) is 17.2 Å². The van der Waals surface area contributed by atoms with Crippen LogP contribution in [0.4, 0.5) is 0 Å². The van der Waals surface area contributed by atoms with Crippen molar-refractivity contribution in [3.05, 3.63) is 35.4 Å². The minimum atomic E-state index is -0.464. The lowest BCUT2D eigenvalue weighted by molar-refractivity contribution is -0.154. The van der Waals surface area contributed by atoms with Crippen molar-refractivity contribution in [1.82, 2.24) is 4.90 Å². The first-order chi connectivity index (χ1) is 11.1. The van der Waals surface area contributed by atoms with Crippen LogP contribution in [-0.2, 0) is 25.6 Å². The minimum absolute atomic E-state index is 0.277. The number of hydrogen-bond donors (Lipinski definition) is 0. The summed E-state index contributed by atoms with van der Waals surface area (Å²) in [6.45, 7) is 1.18. The lowest BCUT2D eigenvalue weighted by Crippen LogP contribution is -2.48. The second-order valence-electron chi connectivity index (χ2n) is 5.56. The maximum atomic E-state index is 12.1. The number of carbonyl (C=O) groups is 2. The van der Waals surface area contributed by atoms with E-state index in [1.165, 1.54) is 14.2 Å². The van der Waals surface area contributed by atoms with Gasteiger partial charge in [-0.25, -0.2) is 0 Å². The Morgan fingerprint density at radius 1 is 1.22 bits per heavy atom.